The van der Waals surface area contributed by atoms with E-state index in [2.05, 4.69) is 17.6 Å². The van der Waals surface area contributed by atoms with Gasteiger partial charge in [0.25, 0.3) is 0 Å². The number of benzene rings is 1. The number of hydrogen-bond donors (Lipinski definition) is 2. The second kappa shape index (κ2) is 11.5. The highest BCUT2D eigenvalue weighted by molar-refractivity contribution is 5.95. The quantitative estimate of drug-likeness (QED) is 0.409. The van der Waals surface area contributed by atoms with Gasteiger partial charge >= 0.3 is 12.0 Å². The van der Waals surface area contributed by atoms with Crippen LogP contribution in [0.1, 0.15) is 65.5 Å². The zero-order valence-corrected chi connectivity index (χ0v) is 18.7. The first-order valence-corrected chi connectivity index (χ1v) is 10.7. The molecule has 166 valence electrons. The van der Waals surface area contributed by atoms with Gasteiger partial charge in [-0.05, 0) is 43.9 Å². The molecular weight excluding hydrogens is 384 g/mol. The van der Waals surface area contributed by atoms with E-state index in [1.165, 1.54) is 0 Å². The molecule has 30 heavy (non-hydrogen) atoms. The lowest BCUT2D eigenvalue weighted by Crippen LogP contribution is -2.45. The highest BCUT2D eigenvalue weighted by Crippen LogP contribution is 2.35. The lowest BCUT2D eigenvalue weighted by atomic mass is 9.95. The maximum absolute atomic E-state index is 12.8. The highest BCUT2D eigenvalue weighted by atomic mass is 16.5. The number of rotatable bonds is 11. The number of carbonyl (C=O) groups excluding carboxylic acids is 2. The topological polar surface area (TPSA) is 85.9 Å². The third kappa shape index (κ3) is 6.40. The summed E-state index contributed by atoms with van der Waals surface area (Å²) in [6.45, 7) is 11.1. The summed E-state index contributed by atoms with van der Waals surface area (Å²) in [7, 11) is 0. The Morgan fingerprint density at radius 3 is 2.57 bits per heavy atom. The Kier molecular flexibility index (Phi) is 9.02. The van der Waals surface area contributed by atoms with Crippen molar-refractivity contribution in [2.45, 2.75) is 59.9 Å². The number of allylic oxidation sites excluding steroid dienone is 1. The Morgan fingerprint density at radius 1 is 1.13 bits per heavy atom. The van der Waals surface area contributed by atoms with Crippen molar-refractivity contribution in [3.8, 4) is 11.5 Å². The van der Waals surface area contributed by atoms with Gasteiger partial charge in [0, 0.05) is 5.70 Å². The van der Waals surface area contributed by atoms with E-state index in [9.17, 15) is 9.59 Å². The van der Waals surface area contributed by atoms with Crippen molar-refractivity contribution in [3.63, 3.8) is 0 Å². The molecule has 2 N–H and O–H groups in total. The van der Waals surface area contributed by atoms with Crippen LogP contribution in [-0.2, 0) is 9.53 Å². The van der Waals surface area contributed by atoms with Crippen LogP contribution in [0.4, 0.5) is 4.79 Å². The van der Waals surface area contributed by atoms with Gasteiger partial charge in [-0.15, -0.1) is 0 Å². The van der Waals surface area contributed by atoms with Crippen molar-refractivity contribution >= 4 is 12.0 Å². The Labute approximate surface area is 179 Å². The molecular formula is C23H34N2O5. The standard InChI is InChI=1S/C23H34N2O5/c1-6-8-9-12-29-18-11-10-17(13-19(18)28-7-2)21-20(16(5)24-23(27)25-21)22(26)30-14-15(3)4/h10-11,13,15,21H,6-9,12,14H2,1-5H3,(H2,24,25,27). The zero-order chi connectivity index (χ0) is 22.1. The molecule has 1 aliphatic rings. The van der Waals surface area contributed by atoms with E-state index in [4.69, 9.17) is 14.2 Å². The monoisotopic (exact) mass is 418 g/mol. The molecule has 7 heteroatoms. The minimum Gasteiger partial charge on any atom is -0.490 e. The van der Waals surface area contributed by atoms with Crippen LogP contribution in [0.2, 0.25) is 0 Å². The predicted molar refractivity (Wildman–Crippen MR) is 116 cm³/mol. The van der Waals surface area contributed by atoms with Gasteiger partial charge in [-0.1, -0.05) is 39.7 Å². The predicted octanol–water partition coefficient (Wildman–Crippen LogP) is 4.48. The smallest absolute Gasteiger partial charge is 0.338 e. The van der Waals surface area contributed by atoms with E-state index in [0.29, 0.717) is 42.6 Å². The van der Waals surface area contributed by atoms with E-state index in [1.807, 2.05) is 39.0 Å². The van der Waals surface area contributed by atoms with Gasteiger partial charge in [0.05, 0.1) is 31.4 Å². The van der Waals surface area contributed by atoms with Crippen LogP contribution < -0.4 is 20.1 Å². The van der Waals surface area contributed by atoms with Crippen molar-refractivity contribution in [2.75, 3.05) is 19.8 Å². The lowest BCUT2D eigenvalue weighted by molar-refractivity contribution is -0.140. The average molecular weight is 419 g/mol. The van der Waals surface area contributed by atoms with Crippen LogP contribution in [0.25, 0.3) is 0 Å². The third-order valence-corrected chi connectivity index (χ3v) is 4.64. The van der Waals surface area contributed by atoms with Gasteiger partial charge in [0.15, 0.2) is 11.5 Å². The molecule has 0 bridgehead atoms. The number of ether oxygens (including phenoxy) is 3. The van der Waals surface area contributed by atoms with E-state index in [-0.39, 0.29) is 11.9 Å². The van der Waals surface area contributed by atoms with Crippen molar-refractivity contribution in [1.29, 1.82) is 0 Å². The summed E-state index contributed by atoms with van der Waals surface area (Å²) in [6.07, 6.45) is 3.20. The van der Waals surface area contributed by atoms with E-state index < -0.39 is 12.0 Å². The number of hydrogen-bond acceptors (Lipinski definition) is 5. The molecule has 1 atom stereocenters. The van der Waals surface area contributed by atoms with Crippen LogP contribution in [0, 0.1) is 5.92 Å². The number of nitrogens with one attached hydrogen (secondary N) is 2. The maximum atomic E-state index is 12.8. The van der Waals surface area contributed by atoms with E-state index in [0.717, 1.165) is 24.8 Å². The normalized spacial score (nSPS) is 16.2. The molecule has 2 rings (SSSR count). The van der Waals surface area contributed by atoms with Gasteiger partial charge < -0.3 is 24.8 Å². The van der Waals surface area contributed by atoms with Crippen LogP contribution in [0.15, 0.2) is 29.5 Å². The van der Waals surface area contributed by atoms with Gasteiger partial charge in [-0.25, -0.2) is 9.59 Å². The average Bonchev–Trinajstić information content (AvgIpc) is 2.70. The molecule has 0 aliphatic carbocycles. The summed E-state index contributed by atoms with van der Waals surface area (Å²) in [6, 6.07) is 4.49. The molecule has 7 nitrogen and oxygen atoms in total. The van der Waals surface area contributed by atoms with Gasteiger partial charge in [-0.2, -0.15) is 0 Å². The Balaban J connectivity index is 2.31. The van der Waals surface area contributed by atoms with Gasteiger partial charge in [-0.3, -0.25) is 0 Å². The highest BCUT2D eigenvalue weighted by Gasteiger charge is 2.32. The molecule has 1 aromatic carbocycles. The molecule has 0 saturated carbocycles. The van der Waals surface area contributed by atoms with Crippen molar-refractivity contribution in [1.82, 2.24) is 10.6 Å². The summed E-state index contributed by atoms with van der Waals surface area (Å²) in [5, 5.41) is 5.49. The van der Waals surface area contributed by atoms with Crippen LogP contribution in [0.5, 0.6) is 11.5 Å². The summed E-state index contributed by atoms with van der Waals surface area (Å²) in [5.41, 5.74) is 1.59. The first-order valence-electron chi connectivity index (χ1n) is 10.7. The molecule has 0 spiro atoms. The van der Waals surface area contributed by atoms with Gasteiger partial charge in [0.1, 0.15) is 0 Å². The number of urea groups is 1. The minimum absolute atomic E-state index is 0.216. The first-order chi connectivity index (χ1) is 14.4. The largest absolute Gasteiger partial charge is 0.490 e. The fourth-order valence-electron chi connectivity index (χ4n) is 3.16. The van der Waals surface area contributed by atoms with Crippen molar-refractivity contribution < 1.29 is 23.8 Å². The number of unbranched alkanes of at least 4 members (excludes halogenated alkanes) is 2. The Morgan fingerprint density at radius 2 is 1.90 bits per heavy atom. The number of esters is 1. The SMILES string of the molecule is CCCCCOc1ccc(C2NC(=O)NC(C)=C2C(=O)OCC(C)C)cc1OCC. The van der Waals surface area contributed by atoms with Crippen LogP contribution in [0.3, 0.4) is 0 Å². The molecule has 1 aromatic rings. The fraction of sp³-hybridized carbons (Fsp3) is 0.565. The third-order valence-electron chi connectivity index (χ3n) is 4.64. The molecule has 1 unspecified atom stereocenters. The Hall–Kier alpha value is -2.70. The van der Waals surface area contributed by atoms with Gasteiger partial charge in [0.2, 0.25) is 0 Å². The minimum atomic E-state index is -0.633. The van der Waals surface area contributed by atoms with E-state index in [1.54, 1.807) is 6.92 Å². The summed E-state index contributed by atoms with van der Waals surface area (Å²) >= 11 is 0. The van der Waals surface area contributed by atoms with Crippen molar-refractivity contribution in [2.24, 2.45) is 5.92 Å². The number of carbonyl (C=O) groups is 2. The molecule has 0 radical (unpaired) electrons. The van der Waals surface area contributed by atoms with E-state index >= 15 is 0 Å². The van der Waals surface area contributed by atoms with Crippen LogP contribution in [-0.4, -0.2) is 31.8 Å². The summed E-state index contributed by atoms with van der Waals surface area (Å²) in [5.74, 6) is 1.01. The molecule has 1 heterocycles. The maximum Gasteiger partial charge on any atom is 0.338 e. The molecule has 0 fully saturated rings. The number of amides is 2. The van der Waals surface area contributed by atoms with Crippen LogP contribution >= 0.6 is 0 Å². The second-order valence-corrected chi connectivity index (χ2v) is 7.76. The lowest BCUT2D eigenvalue weighted by Gasteiger charge is -2.28. The molecule has 2 amide bonds. The molecule has 0 saturated heterocycles. The first kappa shape index (κ1) is 23.6. The van der Waals surface area contributed by atoms with Crippen molar-refractivity contribution in [3.05, 3.63) is 35.0 Å². The zero-order valence-electron chi connectivity index (χ0n) is 18.7. The Bertz CT molecular complexity index is 773. The fourth-order valence-corrected chi connectivity index (χ4v) is 3.16. The molecule has 1 aliphatic heterocycles. The second-order valence-electron chi connectivity index (χ2n) is 7.76. The summed E-state index contributed by atoms with van der Waals surface area (Å²) < 4.78 is 17.1. The summed E-state index contributed by atoms with van der Waals surface area (Å²) in [4.78, 5) is 24.9. The molecule has 0 aromatic heterocycles.